The normalized spacial score (nSPS) is 18.8. The first kappa shape index (κ1) is 14.4. The second-order valence-electron chi connectivity index (χ2n) is 4.94. The first-order chi connectivity index (χ1) is 10.2. The average molecular weight is 323 g/mol. The topological polar surface area (TPSA) is 58.1 Å². The van der Waals surface area contributed by atoms with E-state index >= 15 is 0 Å². The Morgan fingerprint density at radius 1 is 1.48 bits per heavy atom. The monoisotopic (exact) mass is 322 g/mol. The molecule has 0 spiro atoms. The first-order valence-electron chi connectivity index (χ1n) is 6.77. The van der Waals surface area contributed by atoms with Crippen LogP contribution in [0.25, 0.3) is 0 Å². The molecule has 21 heavy (non-hydrogen) atoms. The van der Waals surface area contributed by atoms with Crippen molar-refractivity contribution >= 4 is 34.0 Å². The zero-order valence-corrected chi connectivity index (χ0v) is 12.9. The highest BCUT2D eigenvalue weighted by Gasteiger charge is 2.30. The maximum Gasteiger partial charge on any atom is 0.243 e. The van der Waals surface area contributed by atoms with E-state index in [1.54, 1.807) is 18.5 Å². The fourth-order valence-corrected chi connectivity index (χ4v) is 3.16. The Bertz CT molecular complexity index is 602. The van der Waals surface area contributed by atoms with E-state index < -0.39 is 0 Å². The van der Waals surface area contributed by atoms with E-state index in [1.807, 2.05) is 11.4 Å². The lowest BCUT2D eigenvalue weighted by Crippen LogP contribution is -2.39. The van der Waals surface area contributed by atoms with Gasteiger partial charge >= 0.3 is 0 Å². The van der Waals surface area contributed by atoms with Crippen LogP contribution >= 0.6 is 22.9 Å². The first-order valence-corrected chi connectivity index (χ1v) is 8.03. The molecule has 1 atom stereocenters. The Labute approximate surface area is 132 Å². The Hall–Kier alpha value is -1.50. The molecule has 110 valence electrons. The number of anilines is 1. The van der Waals surface area contributed by atoms with Gasteiger partial charge in [-0.25, -0.2) is 9.97 Å². The summed E-state index contributed by atoms with van der Waals surface area (Å²) in [6.45, 7) is 1.62. The van der Waals surface area contributed by atoms with Crippen LogP contribution in [-0.4, -0.2) is 33.4 Å². The SMILES string of the molecule is O=C(Nc1nccs1)[C@H]1CCCN1Cc1ccc(Cl)nc1. The van der Waals surface area contributed by atoms with Gasteiger partial charge in [-0.05, 0) is 31.0 Å². The Morgan fingerprint density at radius 3 is 3.10 bits per heavy atom. The molecule has 0 aromatic carbocycles. The zero-order valence-electron chi connectivity index (χ0n) is 11.3. The zero-order chi connectivity index (χ0) is 14.7. The summed E-state index contributed by atoms with van der Waals surface area (Å²) in [5, 5.41) is 5.86. The quantitative estimate of drug-likeness (QED) is 0.879. The molecule has 1 amide bonds. The number of hydrogen-bond donors (Lipinski definition) is 1. The lowest BCUT2D eigenvalue weighted by molar-refractivity contribution is -0.120. The van der Waals surface area contributed by atoms with Crippen molar-refractivity contribution < 1.29 is 4.79 Å². The van der Waals surface area contributed by atoms with Crippen LogP contribution in [0.4, 0.5) is 5.13 Å². The summed E-state index contributed by atoms with van der Waals surface area (Å²) in [7, 11) is 0. The number of aromatic nitrogens is 2. The molecule has 1 aliphatic heterocycles. The van der Waals surface area contributed by atoms with Crippen LogP contribution < -0.4 is 5.32 Å². The molecular weight excluding hydrogens is 308 g/mol. The Kier molecular flexibility index (Phi) is 4.48. The molecule has 0 aliphatic carbocycles. The van der Waals surface area contributed by atoms with Crippen molar-refractivity contribution in [2.45, 2.75) is 25.4 Å². The van der Waals surface area contributed by atoms with Gasteiger partial charge in [-0.3, -0.25) is 9.69 Å². The van der Waals surface area contributed by atoms with Gasteiger partial charge in [0.25, 0.3) is 0 Å². The van der Waals surface area contributed by atoms with Gasteiger partial charge in [0.1, 0.15) is 5.15 Å². The molecule has 0 radical (unpaired) electrons. The van der Waals surface area contributed by atoms with Crippen molar-refractivity contribution in [3.8, 4) is 0 Å². The van der Waals surface area contributed by atoms with Crippen molar-refractivity contribution in [2.75, 3.05) is 11.9 Å². The number of likely N-dealkylation sites (tertiary alicyclic amines) is 1. The van der Waals surface area contributed by atoms with Crippen LogP contribution in [0.5, 0.6) is 0 Å². The molecule has 0 unspecified atom stereocenters. The van der Waals surface area contributed by atoms with Gasteiger partial charge in [-0.15, -0.1) is 11.3 Å². The number of rotatable bonds is 4. The van der Waals surface area contributed by atoms with E-state index in [0.29, 0.717) is 16.8 Å². The maximum absolute atomic E-state index is 12.3. The molecule has 2 aromatic rings. The third-order valence-electron chi connectivity index (χ3n) is 3.50. The third-order valence-corrected chi connectivity index (χ3v) is 4.42. The lowest BCUT2D eigenvalue weighted by atomic mass is 10.2. The number of pyridine rings is 1. The largest absolute Gasteiger partial charge is 0.301 e. The molecule has 1 saturated heterocycles. The number of carbonyl (C=O) groups is 1. The van der Waals surface area contributed by atoms with Gasteiger partial charge in [0.15, 0.2) is 5.13 Å². The van der Waals surface area contributed by atoms with Gasteiger partial charge in [0, 0.05) is 24.3 Å². The molecule has 1 fully saturated rings. The number of thiazole rings is 1. The molecule has 1 aliphatic rings. The van der Waals surface area contributed by atoms with Gasteiger partial charge in [0.2, 0.25) is 5.91 Å². The summed E-state index contributed by atoms with van der Waals surface area (Å²) in [4.78, 5) is 22.7. The van der Waals surface area contributed by atoms with Gasteiger partial charge < -0.3 is 5.32 Å². The number of carbonyl (C=O) groups excluding carboxylic acids is 1. The molecule has 7 heteroatoms. The fraction of sp³-hybridized carbons (Fsp3) is 0.357. The summed E-state index contributed by atoms with van der Waals surface area (Å²) in [5.41, 5.74) is 1.06. The predicted molar refractivity (Wildman–Crippen MR) is 83.4 cm³/mol. The number of amides is 1. The summed E-state index contributed by atoms with van der Waals surface area (Å²) < 4.78 is 0. The second kappa shape index (κ2) is 6.51. The second-order valence-corrected chi connectivity index (χ2v) is 6.23. The smallest absolute Gasteiger partial charge is 0.243 e. The number of nitrogens with zero attached hydrogens (tertiary/aromatic N) is 3. The molecule has 3 heterocycles. The van der Waals surface area contributed by atoms with Crippen molar-refractivity contribution in [1.82, 2.24) is 14.9 Å². The molecular formula is C14H15ClN4OS. The minimum Gasteiger partial charge on any atom is -0.301 e. The number of nitrogens with one attached hydrogen (secondary N) is 1. The Morgan fingerprint density at radius 2 is 2.38 bits per heavy atom. The van der Waals surface area contributed by atoms with Crippen molar-refractivity contribution in [2.24, 2.45) is 0 Å². The minimum atomic E-state index is -0.107. The van der Waals surface area contributed by atoms with Crippen molar-refractivity contribution in [1.29, 1.82) is 0 Å². The molecule has 0 saturated carbocycles. The van der Waals surface area contributed by atoms with Gasteiger partial charge in [0.05, 0.1) is 6.04 Å². The van der Waals surface area contributed by atoms with E-state index in [9.17, 15) is 4.79 Å². The highest BCUT2D eigenvalue weighted by Crippen LogP contribution is 2.22. The third kappa shape index (κ3) is 3.58. The lowest BCUT2D eigenvalue weighted by Gasteiger charge is -2.23. The average Bonchev–Trinajstić information content (AvgIpc) is 3.13. The van der Waals surface area contributed by atoms with Crippen LogP contribution in [0.15, 0.2) is 29.9 Å². The van der Waals surface area contributed by atoms with Crippen molar-refractivity contribution in [3.05, 3.63) is 40.6 Å². The summed E-state index contributed by atoms with van der Waals surface area (Å²) >= 11 is 7.22. The Balaban J connectivity index is 1.64. The van der Waals surface area contributed by atoms with Crippen LogP contribution in [0.1, 0.15) is 18.4 Å². The van der Waals surface area contributed by atoms with E-state index in [0.717, 1.165) is 24.9 Å². The van der Waals surface area contributed by atoms with E-state index in [-0.39, 0.29) is 11.9 Å². The van der Waals surface area contributed by atoms with E-state index in [1.165, 1.54) is 11.3 Å². The van der Waals surface area contributed by atoms with Crippen molar-refractivity contribution in [3.63, 3.8) is 0 Å². The fourth-order valence-electron chi connectivity index (χ4n) is 2.52. The highest BCUT2D eigenvalue weighted by molar-refractivity contribution is 7.13. The highest BCUT2D eigenvalue weighted by atomic mass is 35.5. The van der Waals surface area contributed by atoms with E-state index in [4.69, 9.17) is 11.6 Å². The van der Waals surface area contributed by atoms with Gasteiger partial charge in [-0.2, -0.15) is 0 Å². The van der Waals surface area contributed by atoms with Gasteiger partial charge in [-0.1, -0.05) is 17.7 Å². The maximum atomic E-state index is 12.3. The number of hydrogen-bond acceptors (Lipinski definition) is 5. The van der Waals surface area contributed by atoms with Crippen LogP contribution in [0, 0.1) is 0 Å². The summed E-state index contributed by atoms with van der Waals surface area (Å²) in [6.07, 6.45) is 5.34. The minimum absolute atomic E-state index is 0.0179. The van der Waals surface area contributed by atoms with Crippen LogP contribution in [-0.2, 0) is 11.3 Å². The summed E-state index contributed by atoms with van der Waals surface area (Å²) in [5.74, 6) is 0.0179. The van der Waals surface area contributed by atoms with E-state index in [2.05, 4.69) is 20.2 Å². The molecule has 0 bridgehead atoms. The summed E-state index contributed by atoms with van der Waals surface area (Å²) in [6, 6.07) is 3.62. The molecule has 1 N–H and O–H groups in total. The van der Waals surface area contributed by atoms with Crippen LogP contribution in [0.2, 0.25) is 5.15 Å². The standard InChI is InChI=1S/C14H15ClN4OS/c15-12-4-3-10(8-17-12)9-19-6-1-2-11(19)13(20)18-14-16-5-7-21-14/h3-5,7-8,11H,1-2,6,9H2,(H,16,18,20)/t11-/m1/s1. The van der Waals surface area contributed by atoms with Crippen LogP contribution in [0.3, 0.4) is 0 Å². The predicted octanol–water partition coefficient (Wildman–Crippen LogP) is 2.79. The molecule has 3 rings (SSSR count). The number of halogens is 1. The molecule has 2 aromatic heterocycles. The molecule has 5 nitrogen and oxygen atoms in total.